The van der Waals surface area contributed by atoms with Crippen molar-refractivity contribution in [1.82, 2.24) is 4.72 Å². The molecule has 1 aliphatic rings. The molecular formula is C22H27FN2O3S. The van der Waals surface area contributed by atoms with Crippen molar-refractivity contribution in [2.75, 3.05) is 5.32 Å². The first-order valence-electron chi connectivity index (χ1n) is 9.88. The Morgan fingerprint density at radius 2 is 1.83 bits per heavy atom. The molecule has 29 heavy (non-hydrogen) atoms. The van der Waals surface area contributed by atoms with E-state index in [1.54, 1.807) is 12.1 Å². The number of carbonyl (C=O) groups is 1. The molecule has 0 spiro atoms. The van der Waals surface area contributed by atoms with E-state index in [0.717, 1.165) is 48.9 Å². The number of benzene rings is 2. The Labute approximate surface area is 171 Å². The van der Waals surface area contributed by atoms with Crippen LogP contribution in [0.25, 0.3) is 0 Å². The van der Waals surface area contributed by atoms with Gasteiger partial charge in [-0.1, -0.05) is 31.9 Å². The van der Waals surface area contributed by atoms with Crippen molar-refractivity contribution >= 4 is 21.6 Å². The molecule has 0 heterocycles. The van der Waals surface area contributed by atoms with Gasteiger partial charge in [0.05, 0.1) is 10.5 Å². The predicted molar refractivity (Wildman–Crippen MR) is 112 cm³/mol. The summed E-state index contributed by atoms with van der Waals surface area (Å²) in [7, 11) is -3.85. The highest BCUT2D eigenvalue weighted by molar-refractivity contribution is 7.89. The minimum atomic E-state index is -3.85. The summed E-state index contributed by atoms with van der Waals surface area (Å²) in [6.07, 6.45) is 3.82. The van der Waals surface area contributed by atoms with Crippen molar-refractivity contribution in [2.45, 2.75) is 57.4 Å². The molecule has 1 amide bonds. The van der Waals surface area contributed by atoms with E-state index in [0.29, 0.717) is 5.69 Å². The molecule has 0 unspecified atom stereocenters. The second-order valence-electron chi connectivity index (χ2n) is 7.83. The molecule has 1 saturated carbocycles. The number of aryl methyl sites for hydroxylation is 1. The smallest absolute Gasteiger partial charge is 0.258 e. The Bertz CT molecular complexity index is 1020. The Balaban J connectivity index is 1.85. The molecule has 3 rings (SSSR count). The largest absolute Gasteiger partial charge is 0.322 e. The van der Waals surface area contributed by atoms with Crippen LogP contribution in [0.5, 0.6) is 0 Å². The van der Waals surface area contributed by atoms with Gasteiger partial charge >= 0.3 is 0 Å². The zero-order valence-electron chi connectivity index (χ0n) is 17.0. The average molecular weight is 419 g/mol. The van der Waals surface area contributed by atoms with Gasteiger partial charge < -0.3 is 5.32 Å². The third-order valence-corrected chi connectivity index (χ3v) is 7.25. The fraction of sp³-hybridized carbons (Fsp3) is 0.409. The average Bonchev–Trinajstić information content (AvgIpc) is 2.67. The molecule has 0 radical (unpaired) electrons. The molecule has 0 bridgehead atoms. The fourth-order valence-corrected chi connectivity index (χ4v) is 5.09. The van der Waals surface area contributed by atoms with Crippen LogP contribution >= 0.6 is 0 Å². The lowest BCUT2D eigenvalue weighted by atomic mass is 9.87. The van der Waals surface area contributed by atoms with Gasteiger partial charge in [0.25, 0.3) is 5.91 Å². The number of amides is 1. The zero-order chi connectivity index (χ0) is 21.2. The molecule has 156 valence electrons. The Morgan fingerprint density at radius 1 is 1.10 bits per heavy atom. The second-order valence-corrected chi connectivity index (χ2v) is 9.55. The van der Waals surface area contributed by atoms with Crippen LogP contribution in [0.3, 0.4) is 0 Å². The van der Waals surface area contributed by atoms with E-state index in [2.05, 4.69) is 10.0 Å². The fourth-order valence-electron chi connectivity index (χ4n) is 3.68. The van der Waals surface area contributed by atoms with Gasteiger partial charge in [0, 0.05) is 11.7 Å². The van der Waals surface area contributed by atoms with Crippen LogP contribution in [0.4, 0.5) is 10.1 Å². The van der Waals surface area contributed by atoms with Crippen LogP contribution in [0, 0.1) is 25.6 Å². The van der Waals surface area contributed by atoms with Gasteiger partial charge in [0.15, 0.2) is 0 Å². The lowest BCUT2D eigenvalue weighted by Crippen LogP contribution is -2.41. The van der Waals surface area contributed by atoms with E-state index >= 15 is 0 Å². The summed E-state index contributed by atoms with van der Waals surface area (Å²) in [5, 5.41) is 2.68. The van der Waals surface area contributed by atoms with Crippen molar-refractivity contribution in [2.24, 2.45) is 5.92 Å². The molecule has 2 aromatic rings. The van der Waals surface area contributed by atoms with Gasteiger partial charge in [-0.25, -0.2) is 17.5 Å². The normalized spacial score (nSPS) is 19.7. The molecule has 1 aliphatic carbocycles. The maximum Gasteiger partial charge on any atom is 0.258 e. The van der Waals surface area contributed by atoms with E-state index in [9.17, 15) is 17.6 Å². The van der Waals surface area contributed by atoms with E-state index in [-0.39, 0.29) is 22.4 Å². The van der Waals surface area contributed by atoms with E-state index in [4.69, 9.17) is 0 Å². The molecule has 0 aromatic heterocycles. The van der Waals surface area contributed by atoms with E-state index < -0.39 is 21.7 Å². The Kier molecular flexibility index (Phi) is 6.39. The van der Waals surface area contributed by atoms with Crippen LogP contribution in [-0.2, 0) is 10.0 Å². The summed E-state index contributed by atoms with van der Waals surface area (Å²) in [6, 6.07) is 8.61. The first-order chi connectivity index (χ1) is 13.7. The number of rotatable bonds is 5. The number of carbonyl (C=O) groups excluding carboxylic acids is 1. The number of anilines is 1. The second kappa shape index (κ2) is 8.63. The third kappa shape index (κ3) is 4.85. The highest BCUT2D eigenvalue weighted by Gasteiger charge is 2.27. The summed E-state index contributed by atoms with van der Waals surface area (Å²) < 4.78 is 42.7. The highest BCUT2D eigenvalue weighted by atomic mass is 32.2. The van der Waals surface area contributed by atoms with Gasteiger partial charge in [0.2, 0.25) is 10.0 Å². The maximum atomic E-state index is 14.3. The van der Waals surface area contributed by atoms with Gasteiger partial charge in [-0.15, -0.1) is 0 Å². The lowest BCUT2D eigenvalue weighted by molar-refractivity contribution is 0.102. The molecule has 2 aromatic carbocycles. The summed E-state index contributed by atoms with van der Waals surface area (Å²) >= 11 is 0. The maximum absolute atomic E-state index is 14.3. The van der Waals surface area contributed by atoms with Crippen LogP contribution in [0.2, 0.25) is 0 Å². The molecule has 0 saturated heterocycles. The molecular weight excluding hydrogens is 391 g/mol. The highest BCUT2D eigenvalue weighted by Crippen LogP contribution is 2.26. The number of hydrogen-bond acceptors (Lipinski definition) is 3. The quantitative estimate of drug-likeness (QED) is 0.748. The molecule has 2 atom stereocenters. The van der Waals surface area contributed by atoms with Gasteiger partial charge in [-0.3, -0.25) is 4.79 Å². The van der Waals surface area contributed by atoms with Crippen LogP contribution in [-0.4, -0.2) is 20.4 Å². The number of nitrogens with one attached hydrogen (secondary N) is 2. The Morgan fingerprint density at radius 3 is 2.55 bits per heavy atom. The number of hydrogen-bond donors (Lipinski definition) is 2. The minimum absolute atomic E-state index is 0.109. The van der Waals surface area contributed by atoms with Crippen molar-refractivity contribution in [3.63, 3.8) is 0 Å². The molecule has 7 heteroatoms. The number of halogens is 1. The lowest BCUT2D eigenvalue weighted by Gasteiger charge is -2.29. The monoisotopic (exact) mass is 418 g/mol. The zero-order valence-corrected chi connectivity index (χ0v) is 17.8. The van der Waals surface area contributed by atoms with Crippen molar-refractivity contribution in [3.05, 3.63) is 58.9 Å². The van der Waals surface area contributed by atoms with Crippen molar-refractivity contribution in [1.29, 1.82) is 0 Å². The van der Waals surface area contributed by atoms with Crippen LogP contribution < -0.4 is 10.0 Å². The van der Waals surface area contributed by atoms with Gasteiger partial charge in [-0.05, 0) is 68.0 Å². The van der Waals surface area contributed by atoms with Crippen LogP contribution in [0.15, 0.2) is 41.3 Å². The Hall–Kier alpha value is -2.25. The minimum Gasteiger partial charge on any atom is -0.322 e. The van der Waals surface area contributed by atoms with E-state index in [1.807, 2.05) is 26.8 Å². The van der Waals surface area contributed by atoms with Crippen molar-refractivity contribution in [3.8, 4) is 0 Å². The van der Waals surface area contributed by atoms with Gasteiger partial charge in [-0.2, -0.15) is 0 Å². The molecule has 0 aliphatic heterocycles. The summed E-state index contributed by atoms with van der Waals surface area (Å²) in [4.78, 5) is 12.5. The first kappa shape index (κ1) is 21.5. The molecule has 2 N–H and O–H groups in total. The summed E-state index contributed by atoms with van der Waals surface area (Å²) in [5.74, 6) is -1.21. The van der Waals surface area contributed by atoms with E-state index in [1.165, 1.54) is 6.07 Å². The first-order valence-corrected chi connectivity index (χ1v) is 11.4. The predicted octanol–water partition coefficient (Wildman–Crippen LogP) is 4.55. The molecule has 1 fully saturated rings. The topological polar surface area (TPSA) is 75.3 Å². The van der Waals surface area contributed by atoms with Crippen molar-refractivity contribution < 1.29 is 17.6 Å². The third-order valence-electron chi connectivity index (χ3n) is 5.76. The molecule has 5 nitrogen and oxygen atoms in total. The SMILES string of the molecule is Cc1cccc(NC(=O)c2cc(S(=O)(=O)N[C@H]3CCCC[C@H]3C)ccc2F)c1C. The summed E-state index contributed by atoms with van der Waals surface area (Å²) in [5.41, 5.74) is 2.13. The standard InChI is InChI=1S/C22H27FN2O3S/c1-14-8-6-10-21(16(14)3)24-22(26)18-13-17(11-12-19(18)23)29(27,28)25-20-9-5-4-7-15(20)2/h6,8,10-13,15,20,25H,4-5,7,9H2,1-3H3,(H,24,26)/t15-,20+/m1/s1. The van der Waals surface area contributed by atoms with Gasteiger partial charge in [0.1, 0.15) is 5.82 Å². The summed E-state index contributed by atoms with van der Waals surface area (Å²) in [6.45, 7) is 5.80. The number of sulfonamides is 1. The van der Waals surface area contributed by atoms with Crippen LogP contribution in [0.1, 0.15) is 54.1 Å².